The van der Waals surface area contributed by atoms with Gasteiger partial charge >= 0.3 is 0 Å². The highest BCUT2D eigenvalue weighted by atomic mass is 32.2. The standard InChI is InChI=1S/C18H25N5O3S2/c1-4-22(5-2)28(25,26)14-9-6-12(3)15(10-14)17(24)19-11-16-20-21-18(27)23(16)13-7-8-13/h6,9-10,13H,4-5,7-8,11H2,1-3H3,(H,19,24)(H,21,27). The zero-order valence-corrected chi connectivity index (χ0v) is 17.9. The van der Waals surface area contributed by atoms with Crippen LogP contribution in [0.4, 0.5) is 0 Å². The molecular weight excluding hydrogens is 398 g/mol. The Morgan fingerprint density at radius 3 is 2.64 bits per heavy atom. The van der Waals surface area contributed by atoms with E-state index >= 15 is 0 Å². The van der Waals surface area contributed by atoms with Gasteiger partial charge in [-0.1, -0.05) is 19.9 Å². The Morgan fingerprint density at radius 2 is 2.04 bits per heavy atom. The topological polar surface area (TPSA) is 100 Å². The number of sulfonamides is 1. The fraction of sp³-hybridized carbons (Fsp3) is 0.500. The van der Waals surface area contributed by atoms with Crippen molar-refractivity contribution in [1.29, 1.82) is 0 Å². The average Bonchev–Trinajstić information content (AvgIpc) is 3.43. The van der Waals surface area contributed by atoms with Crippen LogP contribution in [0.15, 0.2) is 23.1 Å². The van der Waals surface area contributed by atoms with Gasteiger partial charge in [0.1, 0.15) is 0 Å². The number of hydrogen-bond donors (Lipinski definition) is 2. The van der Waals surface area contributed by atoms with Gasteiger partial charge in [0.15, 0.2) is 10.6 Å². The molecule has 0 saturated heterocycles. The Morgan fingerprint density at radius 1 is 1.36 bits per heavy atom. The summed E-state index contributed by atoms with van der Waals surface area (Å²) in [6.07, 6.45) is 2.11. The van der Waals surface area contributed by atoms with Crippen LogP contribution in [0, 0.1) is 11.7 Å². The molecule has 0 unspecified atom stereocenters. The van der Waals surface area contributed by atoms with Crippen LogP contribution in [0.2, 0.25) is 0 Å². The molecule has 152 valence electrons. The monoisotopic (exact) mass is 423 g/mol. The highest BCUT2D eigenvalue weighted by Crippen LogP contribution is 2.35. The van der Waals surface area contributed by atoms with Crippen LogP contribution < -0.4 is 5.32 Å². The number of benzene rings is 1. The molecule has 0 bridgehead atoms. The van der Waals surface area contributed by atoms with Crippen molar-refractivity contribution in [2.75, 3.05) is 13.1 Å². The minimum atomic E-state index is -3.63. The molecule has 10 heteroatoms. The third-order valence-corrected chi connectivity index (χ3v) is 7.23. The smallest absolute Gasteiger partial charge is 0.251 e. The number of aromatic nitrogens is 3. The average molecular weight is 424 g/mol. The number of rotatable bonds is 8. The molecule has 2 N–H and O–H groups in total. The number of nitrogens with zero attached hydrogens (tertiary/aromatic N) is 3. The highest BCUT2D eigenvalue weighted by molar-refractivity contribution is 7.89. The molecule has 0 radical (unpaired) electrons. The van der Waals surface area contributed by atoms with Crippen molar-refractivity contribution in [2.24, 2.45) is 0 Å². The number of carbonyl (C=O) groups excluding carboxylic acids is 1. The summed E-state index contributed by atoms with van der Waals surface area (Å²) < 4.78 is 29.4. The maximum absolute atomic E-state index is 12.8. The Balaban J connectivity index is 1.81. The predicted molar refractivity (Wildman–Crippen MR) is 108 cm³/mol. The van der Waals surface area contributed by atoms with E-state index in [0.717, 1.165) is 12.8 Å². The Kier molecular flexibility index (Phi) is 6.01. The van der Waals surface area contributed by atoms with E-state index in [1.54, 1.807) is 26.8 Å². The van der Waals surface area contributed by atoms with Gasteiger partial charge in [0.2, 0.25) is 10.0 Å². The number of carbonyl (C=O) groups is 1. The molecular formula is C18H25N5O3S2. The van der Waals surface area contributed by atoms with Crippen LogP contribution in [-0.4, -0.2) is 46.5 Å². The maximum Gasteiger partial charge on any atom is 0.251 e. The van der Waals surface area contributed by atoms with Crippen LogP contribution in [-0.2, 0) is 16.6 Å². The van der Waals surface area contributed by atoms with Gasteiger partial charge in [-0.05, 0) is 49.7 Å². The van der Waals surface area contributed by atoms with Crippen molar-refractivity contribution >= 4 is 28.1 Å². The van der Waals surface area contributed by atoms with Gasteiger partial charge in [-0.15, -0.1) is 0 Å². The van der Waals surface area contributed by atoms with E-state index in [-0.39, 0.29) is 17.3 Å². The van der Waals surface area contributed by atoms with Crippen molar-refractivity contribution in [1.82, 2.24) is 24.4 Å². The molecule has 28 heavy (non-hydrogen) atoms. The second kappa shape index (κ2) is 8.14. The van der Waals surface area contributed by atoms with E-state index in [9.17, 15) is 13.2 Å². The van der Waals surface area contributed by atoms with Crippen LogP contribution in [0.5, 0.6) is 0 Å². The molecule has 1 aliphatic rings. The molecule has 2 aromatic rings. The van der Waals surface area contributed by atoms with Gasteiger partial charge < -0.3 is 5.32 Å². The van der Waals surface area contributed by atoms with E-state index in [1.165, 1.54) is 16.4 Å². The van der Waals surface area contributed by atoms with Gasteiger partial charge in [0.05, 0.1) is 11.4 Å². The minimum absolute atomic E-state index is 0.118. The number of H-pyrrole nitrogens is 1. The summed E-state index contributed by atoms with van der Waals surface area (Å²) in [7, 11) is -3.63. The van der Waals surface area contributed by atoms with E-state index in [0.29, 0.717) is 40.9 Å². The summed E-state index contributed by atoms with van der Waals surface area (Å²) in [6.45, 7) is 6.32. The lowest BCUT2D eigenvalue weighted by atomic mass is 10.1. The van der Waals surface area contributed by atoms with E-state index in [2.05, 4.69) is 15.5 Å². The molecule has 1 fully saturated rings. The number of hydrogen-bond acceptors (Lipinski definition) is 5. The van der Waals surface area contributed by atoms with E-state index in [1.807, 2.05) is 4.57 Å². The molecule has 1 saturated carbocycles. The lowest BCUT2D eigenvalue weighted by molar-refractivity contribution is 0.0948. The first-order chi connectivity index (χ1) is 13.3. The van der Waals surface area contributed by atoms with Crippen LogP contribution in [0.3, 0.4) is 0 Å². The second-order valence-electron chi connectivity index (χ2n) is 6.79. The summed E-state index contributed by atoms with van der Waals surface area (Å²) >= 11 is 5.25. The van der Waals surface area contributed by atoms with E-state index < -0.39 is 10.0 Å². The van der Waals surface area contributed by atoms with Crippen molar-refractivity contribution in [3.63, 3.8) is 0 Å². The van der Waals surface area contributed by atoms with Gasteiger partial charge in [-0.2, -0.15) is 9.40 Å². The fourth-order valence-electron chi connectivity index (χ4n) is 3.14. The first-order valence-electron chi connectivity index (χ1n) is 9.34. The summed E-state index contributed by atoms with van der Waals surface area (Å²) in [6, 6.07) is 4.99. The largest absolute Gasteiger partial charge is 0.345 e. The highest BCUT2D eigenvalue weighted by Gasteiger charge is 2.27. The number of aromatic amines is 1. The van der Waals surface area contributed by atoms with Gasteiger partial charge in [-0.3, -0.25) is 14.5 Å². The first-order valence-corrected chi connectivity index (χ1v) is 11.2. The van der Waals surface area contributed by atoms with Crippen molar-refractivity contribution < 1.29 is 13.2 Å². The molecule has 1 aromatic heterocycles. The predicted octanol–water partition coefficient (Wildman–Crippen LogP) is 2.54. The molecule has 1 aliphatic carbocycles. The van der Waals surface area contributed by atoms with Crippen molar-refractivity contribution in [3.05, 3.63) is 39.9 Å². The summed E-state index contributed by atoms with van der Waals surface area (Å²) in [5.74, 6) is 0.329. The summed E-state index contributed by atoms with van der Waals surface area (Å²) in [5, 5.41) is 9.79. The maximum atomic E-state index is 12.8. The van der Waals surface area contributed by atoms with Gasteiger partial charge in [0, 0.05) is 24.7 Å². The van der Waals surface area contributed by atoms with Crippen LogP contribution >= 0.6 is 12.2 Å². The molecule has 8 nitrogen and oxygen atoms in total. The SMILES string of the molecule is CCN(CC)S(=O)(=O)c1ccc(C)c(C(=O)NCc2n[nH]c(=S)n2C2CC2)c1. The molecule has 0 spiro atoms. The zero-order chi connectivity index (χ0) is 20.5. The fourth-order valence-corrected chi connectivity index (χ4v) is 4.93. The lowest BCUT2D eigenvalue weighted by Gasteiger charge is -2.19. The van der Waals surface area contributed by atoms with Crippen molar-refractivity contribution in [3.8, 4) is 0 Å². The molecule has 1 amide bonds. The van der Waals surface area contributed by atoms with Gasteiger partial charge in [0.25, 0.3) is 5.91 Å². The van der Waals surface area contributed by atoms with Crippen LogP contribution in [0.25, 0.3) is 0 Å². The molecule has 0 atom stereocenters. The Bertz CT molecular complexity index is 1030. The first kappa shape index (κ1) is 20.7. The Labute approximate surface area is 170 Å². The summed E-state index contributed by atoms with van der Waals surface area (Å²) in [4.78, 5) is 12.9. The number of amides is 1. The normalized spacial score (nSPS) is 14.4. The van der Waals surface area contributed by atoms with E-state index in [4.69, 9.17) is 12.2 Å². The number of nitrogens with one attached hydrogen (secondary N) is 2. The molecule has 3 rings (SSSR count). The number of aryl methyl sites for hydroxylation is 1. The lowest BCUT2D eigenvalue weighted by Crippen LogP contribution is -2.31. The zero-order valence-electron chi connectivity index (χ0n) is 16.2. The molecule has 1 aromatic carbocycles. The van der Waals surface area contributed by atoms with Crippen molar-refractivity contribution in [2.45, 2.75) is 51.1 Å². The summed E-state index contributed by atoms with van der Waals surface area (Å²) in [5.41, 5.74) is 1.04. The third kappa shape index (κ3) is 4.03. The minimum Gasteiger partial charge on any atom is -0.345 e. The quantitative estimate of drug-likeness (QED) is 0.636. The second-order valence-corrected chi connectivity index (χ2v) is 9.12. The Hall–Kier alpha value is -2.04. The van der Waals surface area contributed by atoms with Crippen LogP contribution in [0.1, 0.15) is 54.5 Å². The molecule has 1 heterocycles. The van der Waals surface area contributed by atoms with Gasteiger partial charge in [-0.25, -0.2) is 8.42 Å². The molecule has 0 aliphatic heterocycles. The third-order valence-electron chi connectivity index (χ3n) is 4.89.